The molecule has 1 aliphatic heterocycles. The van der Waals surface area contributed by atoms with Gasteiger partial charge >= 0.3 is 0 Å². The van der Waals surface area contributed by atoms with Crippen LogP contribution in [0.1, 0.15) is 66.4 Å². The molecule has 2 nitrogen and oxygen atoms in total. The van der Waals surface area contributed by atoms with E-state index in [-0.39, 0.29) is 10.5 Å². The molecule has 0 radical (unpaired) electrons. The summed E-state index contributed by atoms with van der Waals surface area (Å²) in [6.45, 7) is 18.4. The van der Waals surface area contributed by atoms with Crippen molar-refractivity contribution in [3.63, 3.8) is 0 Å². The monoisotopic (exact) mass is 372 g/mol. The van der Waals surface area contributed by atoms with Gasteiger partial charge in [-0.2, -0.15) is 0 Å². The molecule has 26 heavy (non-hydrogen) atoms. The molecule has 0 saturated heterocycles. The molecule has 2 atom stereocenters. The van der Waals surface area contributed by atoms with Crippen LogP contribution in [0.5, 0.6) is 5.75 Å². The summed E-state index contributed by atoms with van der Waals surface area (Å²) in [5.41, 5.74) is 2.82. The summed E-state index contributed by atoms with van der Waals surface area (Å²) in [6.07, 6.45) is 4.12. The number of fused-ring (bicyclic) bond motifs is 1. The maximum Gasteiger partial charge on any atom is 0.250 e. The summed E-state index contributed by atoms with van der Waals surface area (Å²) < 4.78 is 13.0. The Morgan fingerprint density at radius 1 is 1.04 bits per heavy atom. The third kappa shape index (κ3) is 3.60. The molecule has 2 aliphatic rings. The van der Waals surface area contributed by atoms with Crippen LogP contribution in [0.3, 0.4) is 0 Å². The van der Waals surface area contributed by atoms with E-state index in [9.17, 15) is 0 Å². The maximum atomic E-state index is 6.54. The second-order valence-electron chi connectivity index (χ2n) is 10.6. The van der Waals surface area contributed by atoms with Gasteiger partial charge in [0, 0.05) is 11.5 Å². The van der Waals surface area contributed by atoms with Crippen LogP contribution in [0.25, 0.3) is 5.76 Å². The average molecular weight is 373 g/mol. The van der Waals surface area contributed by atoms with E-state index in [2.05, 4.69) is 78.9 Å². The Labute approximate surface area is 161 Å². The van der Waals surface area contributed by atoms with Crippen molar-refractivity contribution < 1.29 is 9.16 Å². The Hall–Kier alpha value is -1.22. The van der Waals surface area contributed by atoms with Crippen LogP contribution in [-0.2, 0) is 4.74 Å². The van der Waals surface area contributed by atoms with Gasteiger partial charge in [-0.1, -0.05) is 53.7 Å². The quantitative estimate of drug-likeness (QED) is 0.530. The van der Waals surface area contributed by atoms with Crippen molar-refractivity contribution in [1.29, 1.82) is 0 Å². The first kappa shape index (κ1) is 19.5. The van der Waals surface area contributed by atoms with E-state index in [1.54, 1.807) is 0 Å². The highest BCUT2D eigenvalue weighted by molar-refractivity contribution is 6.74. The lowest BCUT2D eigenvalue weighted by molar-refractivity contribution is 0.169. The average Bonchev–Trinajstić information content (AvgIpc) is 3.04. The van der Waals surface area contributed by atoms with Crippen LogP contribution in [0.4, 0.5) is 0 Å². The lowest BCUT2D eigenvalue weighted by atomic mass is 9.77. The topological polar surface area (TPSA) is 18.5 Å². The van der Waals surface area contributed by atoms with Gasteiger partial charge in [-0.15, -0.1) is 0 Å². The van der Waals surface area contributed by atoms with Gasteiger partial charge < -0.3 is 9.16 Å². The van der Waals surface area contributed by atoms with Gasteiger partial charge in [-0.25, -0.2) is 0 Å². The number of hydrogen-bond acceptors (Lipinski definition) is 2. The van der Waals surface area contributed by atoms with Crippen molar-refractivity contribution in [3.8, 4) is 5.75 Å². The van der Waals surface area contributed by atoms with E-state index in [1.165, 1.54) is 30.4 Å². The molecule has 1 saturated carbocycles. The minimum Gasteiger partial charge on any atom is -0.543 e. The molecule has 0 unspecified atom stereocenters. The van der Waals surface area contributed by atoms with E-state index in [0.29, 0.717) is 12.0 Å². The third-order valence-electron chi connectivity index (χ3n) is 6.42. The molecule has 1 fully saturated rings. The highest BCUT2D eigenvalue weighted by atomic mass is 28.4. The standard InChI is InChI=1S/C23H36O2Si/c1-22(2,3)20-18-13-10-14-19(18)24-21(20)16-11-9-12-17(15-16)25-26(7,8)23(4,5)6/h9,11-12,15,18-19H,10,13-14H2,1-8H3/t18-,19+/m1/s1. The minimum absolute atomic E-state index is 0.134. The molecular weight excluding hydrogens is 336 g/mol. The zero-order chi connectivity index (χ0) is 19.3. The molecule has 3 rings (SSSR count). The maximum absolute atomic E-state index is 6.54. The van der Waals surface area contributed by atoms with E-state index in [0.717, 1.165) is 11.5 Å². The van der Waals surface area contributed by atoms with Crippen LogP contribution in [0.15, 0.2) is 29.8 Å². The second kappa shape index (κ2) is 6.44. The first-order valence-corrected chi connectivity index (χ1v) is 13.0. The molecule has 0 N–H and O–H groups in total. The Balaban J connectivity index is 1.97. The Morgan fingerprint density at radius 3 is 2.35 bits per heavy atom. The van der Waals surface area contributed by atoms with E-state index < -0.39 is 8.32 Å². The van der Waals surface area contributed by atoms with Gasteiger partial charge in [0.15, 0.2) is 0 Å². The molecule has 1 aromatic rings. The Kier molecular flexibility index (Phi) is 4.84. The van der Waals surface area contributed by atoms with Crippen molar-refractivity contribution in [3.05, 3.63) is 35.4 Å². The molecule has 0 spiro atoms. The highest BCUT2D eigenvalue weighted by Gasteiger charge is 2.44. The predicted molar refractivity (Wildman–Crippen MR) is 113 cm³/mol. The van der Waals surface area contributed by atoms with Crippen molar-refractivity contribution in [1.82, 2.24) is 0 Å². The van der Waals surface area contributed by atoms with E-state index >= 15 is 0 Å². The Bertz CT molecular complexity index is 704. The van der Waals surface area contributed by atoms with Crippen LogP contribution < -0.4 is 4.43 Å². The zero-order valence-electron chi connectivity index (χ0n) is 17.9. The highest BCUT2D eigenvalue weighted by Crippen LogP contribution is 2.52. The van der Waals surface area contributed by atoms with Gasteiger partial charge in [0.2, 0.25) is 8.32 Å². The van der Waals surface area contributed by atoms with Crippen LogP contribution in [0, 0.1) is 11.3 Å². The molecule has 144 valence electrons. The minimum atomic E-state index is -1.84. The summed E-state index contributed by atoms with van der Waals surface area (Å²) in [6, 6.07) is 8.59. The second-order valence-corrected chi connectivity index (χ2v) is 15.3. The molecule has 1 heterocycles. The van der Waals surface area contributed by atoms with Crippen molar-refractivity contribution in [2.75, 3.05) is 0 Å². The van der Waals surface area contributed by atoms with Crippen LogP contribution >= 0.6 is 0 Å². The number of rotatable bonds is 3. The smallest absolute Gasteiger partial charge is 0.250 e. The summed E-state index contributed by atoms with van der Waals surface area (Å²) in [5, 5.41) is 0.194. The summed E-state index contributed by atoms with van der Waals surface area (Å²) in [5.74, 6) is 2.69. The molecule has 0 aromatic heterocycles. The summed E-state index contributed by atoms with van der Waals surface area (Å²) in [7, 11) is -1.84. The molecule has 3 heteroatoms. The molecule has 1 aliphatic carbocycles. The fourth-order valence-electron chi connectivity index (χ4n) is 4.05. The van der Waals surface area contributed by atoms with E-state index in [4.69, 9.17) is 9.16 Å². The fourth-order valence-corrected chi connectivity index (χ4v) is 5.07. The lowest BCUT2D eigenvalue weighted by Gasteiger charge is -2.36. The number of benzene rings is 1. The number of hydrogen-bond donors (Lipinski definition) is 0. The summed E-state index contributed by atoms with van der Waals surface area (Å²) in [4.78, 5) is 0. The number of ether oxygens (including phenoxy) is 1. The largest absolute Gasteiger partial charge is 0.543 e. The SMILES string of the molecule is CC(C)(C)C1=C(c2cccc(O[Si](C)(C)C(C)(C)C)c2)O[C@H]2CCC[C@@H]12. The molecule has 0 amide bonds. The van der Waals surface area contributed by atoms with Gasteiger partial charge in [-0.05, 0) is 60.5 Å². The normalized spacial score (nSPS) is 23.8. The Morgan fingerprint density at radius 2 is 1.73 bits per heavy atom. The van der Waals surface area contributed by atoms with Crippen molar-refractivity contribution in [2.45, 2.75) is 85.0 Å². The zero-order valence-corrected chi connectivity index (χ0v) is 18.9. The van der Waals surface area contributed by atoms with Crippen LogP contribution in [-0.4, -0.2) is 14.4 Å². The van der Waals surface area contributed by atoms with E-state index in [1.807, 2.05) is 0 Å². The van der Waals surface area contributed by atoms with Gasteiger partial charge in [0.1, 0.15) is 17.6 Å². The fraction of sp³-hybridized carbons (Fsp3) is 0.652. The van der Waals surface area contributed by atoms with Crippen LogP contribution in [0.2, 0.25) is 18.1 Å². The molecule has 1 aromatic carbocycles. The van der Waals surface area contributed by atoms with Gasteiger partial charge in [-0.3, -0.25) is 0 Å². The first-order chi connectivity index (χ1) is 11.9. The molecular formula is C23H36O2Si. The van der Waals surface area contributed by atoms with Crippen molar-refractivity contribution >= 4 is 14.1 Å². The summed E-state index contributed by atoms with van der Waals surface area (Å²) >= 11 is 0. The first-order valence-electron chi connectivity index (χ1n) is 10.1. The van der Waals surface area contributed by atoms with Gasteiger partial charge in [0.05, 0.1) is 0 Å². The van der Waals surface area contributed by atoms with Gasteiger partial charge in [0.25, 0.3) is 0 Å². The molecule has 0 bridgehead atoms. The predicted octanol–water partition coefficient (Wildman–Crippen LogP) is 7.03. The lowest BCUT2D eigenvalue weighted by Crippen LogP contribution is -2.43. The van der Waals surface area contributed by atoms with Crippen molar-refractivity contribution in [2.24, 2.45) is 11.3 Å². The third-order valence-corrected chi connectivity index (χ3v) is 10.8.